The molecule has 0 unspecified atom stereocenters. The van der Waals surface area contributed by atoms with E-state index in [1.54, 1.807) is 0 Å². The molecule has 0 spiro atoms. The van der Waals surface area contributed by atoms with Gasteiger partial charge in [0.2, 0.25) is 0 Å². The first kappa shape index (κ1) is 19.7. The summed E-state index contributed by atoms with van der Waals surface area (Å²) in [7, 11) is 0. The Hall–Kier alpha value is -0.340. The third-order valence-electron chi connectivity index (χ3n) is 3.79. The molecular formula is C16H30IN3O2. The highest BCUT2D eigenvalue weighted by molar-refractivity contribution is 14.0. The molecule has 0 radical (unpaired) electrons. The zero-order valence-corrected chi connectivity index (χ0v) is 15.9. The first-order chi connectivity index (χ1) is 10.4. The number of guanidine groups is 1. The van der Waals surface area contributed by atoms with Gasteiger partial charge in [0.15, 0.2) is 5.96 Å². The summed E-state index contributed by atoms with van der Waals surface area (Å²) in [6.07, 6.45) is 10.1. The highest BCUT2D eigenvalue weighted by Crippen LogP contribution is 2.11. The quantitative estimate of drug-likeness (QED) is 0.217. The molecule has 0 atom stereocenters. The second-order valence-electron chi connectivity index (χ2n) is 5.58. The molecule has 6 heteroatoms. The van der Waals surface area contributed by atoms with Crippen molar-refractivity contribution >= 4 is 29.9 Å². The molecule has 128 valence electrons. The molecule has 1 heterocycles. The number of aliphatic imine (C=N–C) groups is 1. The Kier molecular flexibility index (Phi) is 10.9. The Morgan fingerprint density at radius 2 is 2.00 bits per heavy atom. The second kappa shape index (κ2) is 12.1. The summed E-state index contributed by atoms with van der Waals surface area (Å²) < 4.78 is 11.2. The largest absolute Gasteiger partial charge is 0.381 e. The average molecular weight is 423 g/mol. The van der Waals surface area contributed by atoms with Gasteiger partial charge in [0.1, 0.15) is 0 Å². The van der Waals surface area contributed by atoms with Gasteiger partial charge in [-0.25, -0.2) is 0 Å². The van der Waals surface area contributed by atoms with Crippen LogP contribution in [0.2, 0.25) is 0 Å². The number of hydrogen-bond acceptors (Lipinski definition) is 3. The van der Waals surface area contributed by atoms with Crippen LogP contribution in [0.25, 0.3) is 0 Å². The average Bonchev–Trinajstić information content (AvgIpc) is 3.01. The molecule has 0 bridgehead atoms. The lowest BCUT2D eigenvalue weighted by Crippen LogP contribution is -2.42. The van der Waals surface area contributed by atoms with Crippen LogP contribution >= 0.6 is 24.0 Å². The molecule has 1 aliphatic heterocycles. The molecule has 2 rings (SSSR count). The molecule has 2 N–H and O–H groups in total. The van der Waals surface area contributed by atoms with Crippen LogP contribution in [0.4, 0.5) is 0 Å². The molecule has 22 heavy (non-hydrogen) atoms. The maximum atomic E-state index is 5.86. The van der Waals surface area contributed by atoms with Gasteiger partial charge in [-0.3, -0.25) is 4.99 Å². The number of ether oxygens (including phenoxy) is 2. The van der Waals surface area contributed by atoms with Crippen LogP contribution in [0, 0.1) is 0 Å². The summed E-state index contributed by atoms with van der Waals surface area (Å²) >= 11 is 0. The summed E-state index contributed by atoms with van der Waals surface area (Å²) in [5.41, 5.74) is 0. The summed E-state index contributed by atoms with van der Waals surface area (Å²) in [6.45, 7) is 6.26. The minimum Gasteiger partial charge on any atom is -0.381 e. The predicted molar refractivity (Wildman–Crippen MR) is 101 cm³/mol. The van der Waals surface area contributed by atoms with Crippen LogP contribution in [0.3, 0.4) is 0 Å². The van der Waals surface area contributed by atoms with Crippen molar-refractivity contribution < 1.29 is 9.47 Å². The van der Waals surface area contributed by atoms with Gasteiger partial charge in [-0.1, -0.05) is 12.2 Å². The monoisotopic (exact) mass is 423 g/mol. The molecule has 1 saturated heterocycles. The van der Waals surface area contributed by atoms with Crippen molar-refractivity contribution in [1.29, 1.82) is 0 Å². The van der Waals surface area contributed by atoms with Crippen LogP contribution < -0.4 is 10.6 Å². The highest BCUT2D eigenvalue weighted by atomic mass is 127. The van der Waals surface area contributed by atoms with Crippen molar-refractivity contribution in [3.63, 3.8) is 0 Å². The molecular weight excluding hydrogens is 393 g/mol. The van der Waals surface area contributed by atoms with Crippen LogP contribution in [0.1, 0.15) is 39.0 Å². The van der Waals surface area contributed by atoms with E-state index in [4.69, 9.17) is 9.47 Å². The SMILES string of the molecule is CCNC(=NCCCOC1CCOCC1)NC1CC=CC1.I. The molecule has 5 nitrogen and oxygen atoms in total. The van der Waals surface area contributed by atoms with Gasteiger partial charge >= 0.3 is 0 Å². The van der Waals surface area contributed by atoms with Gasteiger partial charge in [0, 0.05) is 39.0 Å². The van der Waals surface area contributed by atoms with Gasteiger partial charge in [-0.2, -0.15) is 0 Å². The molecule has 0 amide bonds. The van der Waals surface area contributed by atoms with Gasteiger partial charge in [0.05, 0.1) is 6.10 Å². The van der Waals surface area contributed by atoms with E-state index in [0.717, 1.165) is 71.0 Å². The Morgan fingerprint density at radius 3 is 2.68 bits per heavy atom. The van der Waals surface area contributed by atoms with E-state index in [0.29, 0.717) is 12.1 Å². The van der Waals surface area contributed by atoms with Gasteiger partial charge in [-0.05, 0) is 39.0 Å². The number of halogens is 1. The summed E-state index contributed by atoms with van der Waals surface area (Å²) in [5, 5.41) is 6.78. The maximum absolute atomic E-state index is 5.86. The molecule has 0 aromatic rings. The Balaban J connectivity index is 0.00000242. The van der Waals surface area contributed by atoms with Gasteiger partial charge in [-0.15, -0.1) is 24.0 Å². The zero-order valence-electron chi connectivity index (χ0n) is 13.6. The van der Waals surface area contributed by atoms with E-state index in [1.807, 2.05) is 0 Å². The fraction of sp³-hybridized carbons (Fsp3) is 0.812. The molecule has 0 aromatic carbocycles. The fourth-order valence-electron chi connectivity index (χ4n) is 2.60. The lowest BCUT2D eigenvalue weighted by atomic mass is 10.1. The van der Waals surface area contributed by atoms with Crippen LogP contribution in [-0.4, -0.2) is 51.0 Å². The summed E-state index contributed by atoms with van der Waals surface area (Å²) in [6, 6.07) is 0.501. The highest BCUT2D eigenvalue weighted by Gasteiger charge is 2.13. The molecule has 1 fully saturated rings. The summed E-state index contributed by atoms with van der Waals surface area (Å²) in [5.74, 6) is 0.928. The van der Waals surface area contributed by atoms with Crippen LogP contribution in [0.15, 0.2) is 17.1 Å². The summed E-state index contributed by atoms with van der Waals surface area (Å²) in [4.78, 5) is 4.62. The van der Waals surface area contributed by atoms with Crippen molar-refractivity contribution in [3.8, 4) is 0 Å². The van der Waals surface area contributed by atoms with Gasteiger partial charge < -0.3 is 20.1 Å². The lowest BCUT2D eigenvalue weighted by molar-refractivity contribution is -0.0318. The number of hydrogen-bond donors (Lipinski definition) is 2. The number of rotatable bonds is 7. The van der Waals surface area contributed by atoms with Crippen LogP contribution in [0.5, 0.6) is 0 Å². The van der Waals surface area contributed by atoms with Crippen LogP contribution in [-0.2, 0) is 9.47 Å². The smallest absolute Gasteiger partial charge is 0.191 e. The van der Waals surface area contributed by atoms with E-state index in [9.17, 15) is 0 Å². The first-order valence-electron chi connectivity index (χ1n) is 8.27. The third kappa shape index (κ3) is 7.78. The Labute approximate surface area is 151 Å². The van der Waals surface area contributed by atoms with E-state index >= 15 is 0 Å². The van der Waals surface area contributed by atoms with Crippen molar-refractivity contribution in [2.75, 3.05) is 32.9 Å². The zero-order chi connectivity index (χ0) is 14.8. The molecule has 1 aliphatic carbocycles. The van der Waals surface area contributed by atoms with Crippen molar-refractivity contribution in [3.05, 3.63) is 12.2 Å². The van der Waals surface area contributed by atoms with E-state index in [2.05, 4.69) is 34.7 Å². The molecule has 0 saturated carbocycles. The second-order valence-corrected chi connectivity index (χ2v) is 5.58. The van der Waals surface area contributed by atoms with E-state index in [-0.39, 0.29) is 24.0 Å². The fourth-order valence-corrected chi connectivity index (χ4v) is 2.60. The van der Waals surface area contributed by atoms with Gasteiger partial charge in [0.25, 0.3) is 0 Å². The first-order valence-corrected chi connectivity index (χ1v) is 8.27. The minimum absolute atomic E-state index is 0. The predicted octanol–water partition coefficient (Wildman–Crippen LogP) is 2.46. The normalized spacial score (nSPS) is 20.0. The standard InChI is InChI=1S/C16H29N3O2.HI/c1-2-17-16(19-14-6-3-4-7-14)18-10-5-11-21-15-8-12-20-13-9-15;/h3-4,14-15H,2,5-13H2,1H3,(H2,17,18,19);1H. The number of nitrogens with one attached hydrogen (secondary N) is 2. The Morgan fingerprint density at radius 1 is 1.27 bits per heavy atom. The van der Waals surface area contributed by atoms with Crippen molar-refractivity contribution in [2.24, 2.45) is 4.99 Å². The van der Waals surface area contributed by atoms with E-state index in [1.165, 1.54) is 0 Å². The Bertz CT molecular complexity index is 336. The molecule has 2 aliphatic rings. The number of nitrogens with zero attached hydrogens (tertiary/aromatic N) is 1. The van der Waals surface area contributed by atoms with Crippen molar-refractivity contribution in [1.82, 2.24) is 10.6 Å². The molecule has 0 aromatic heterocycles. The lowest BCUT2D eigenvalue weighted by Gasteiger charge is -2.22. The third-order valence-corrected chi connectivity index (χ3v) is 3.79. The van der Waals surface area contributed by atoms with E-state index < -0.39 is 0 Å². The topological polar surface area (TPSA) is 54.9 Å². The van der Waals surface area contributed by atoms with Crippen molar-refractivity contribution in [2.45, 2.75) is 51.2 Å². The maximum Gasteiger partial charge on any atom is 0.191 e. The minimum atomic E-state index is 0.